The summed E-state index contributed by atoms with van der Waals surface area (Å²) in [5, 5.41) is 1.81. The molecule has 35 heavy (non-hydrogen) atoms. The third-order valence-corrected chi connectivity index (χ3v) is 5.17. The van der Waals surface area contributed by atoms with Crippen molar-refractivity contribution in [3.8, 4) is 11.6 Å². The Labute approximate surface area is 198 Å². The summed E-state index contributed by atoms with van der Waals surface area (Å²) < 4.78 is 92.9. The lowest BCUT2D eigenvalue weighted by Gasteiger charge is -2.40. The molecule has 2 aromatic rings. The average Bonchev–Trinajstić information content (AvgIpc) is 2.73. The number of carbonyl (C=O) groups excluding carboxylic acids is 1. The smallest absolute Gasteiger partial charge is 0.424 e. The second-order valence-corrected chi connectivity index (χ2v) is 7.90. The van der Waals surface area contributed by atoms with Gasteiger partial charge in [-0.25, -0.2) is 19.2 Å². The van der Waals surface area contributed by atoms with Gasteiger partial charge in [-0.2, -0.15) is 22.0 Å². The SMILES string of the molecule is C[C@]1(c2cc(NC(=O)Oc3ncc(OC(F)F)cc3Cl)ncc2F)CO[C@@](C)(C(F)(F)F)C(N)=N1. The van der Waals surface area contributed by atoms with Crippen LogP contribution in [0.1, 0.15) is 19.4 Å². The summed E-state index contributed by atoms with van der Waals surface area (Å²) in [4.78, 5) is 23.3. The van der Waals surface area contributed by atoms with Crippen molar-refractivity contribution in [3.05, 3.63) is 40.9 Å². The number of hydrogen-bond donors (Lipinski definition) is 2. The predicted molar refractivity (Wildman–Crippen MR) is 109 cm³/mol. The van der Waals surface area contributed by atoms with Crippen LogP contribution in [0.15, 0.2) is 29.5 Å². The van der Waals surface area contributed by atoms with Crippen molar-refractivity contribution in [1.82, 2.24) is 9.97 Å². The third kappa shape index (κ3) is 5.51. The number of anilines is 1. The van der Waals surface area contributed by atoms with E-state index >= 15 is 0 Å². The van der Waals surface area contributed by atoms with Crippen LogP contribution in [0.2, 0.25) is 5.02 Å². The molecule has 1 aliphatic heterocycles. The maximum Gasteiger partial charge on any atom is 0.424 e. The van der Waals surface area contributed by atoms with Gasteiger partial charge in [0.2, 0.25) is 11.5 Å². The summed E-state index contributed by atoms with van der Waals surface area (Å²) in [5.74, 6) is -3.00. The minimum atomic E-state index is -4.87. The molecular formula is C19H16ClF6N5O4. The van der Waals surface area contributed by atoms with Crippen LogP contribution in [-0.2, 0) is 10.3 Å². The van der Waals surface area contributed by atoms with E-state index in [1.807, 2.05) is 0 Å². The van der Waals surface area contributed by atoms with E-state index in [0.717, 1.165) is 18.3 Å². The van der Waals surface area contributed by atoms with Crippen LogP contribution >= 0.6 is 11.6 Å². The van der Waals surface area contributed by atoms with Gasteiger partial charge in [-0.3, -0.25) is 10.3 Å². The van der Waals surface area contributed by atoms with E-state index < -0.39 is 54.2 Å². The maximum atomic E-state index is 14.5. The molecule has 0 aromatic carbocycles. The summed E-state index contributed by atoms with van der Waals surface area (Å²) in [6, 6.07) is 1.93. The lowest BCUT2D eigenvalue weighted by atomic mass is 9.90. The number of alkyl halides is 5. The molecule has 2 aromatic heterocycles. The second kappa shape index (κ2) is 9.37. The first-order valence-corrected chi connectivity index (χ1v) is 9.84. The van der Waals surface area contributed by atoms with Crippen LogP contribution < -0.4 is 20.5 Å². The number of nitrogens with one attached hydrogen (secondary N) is 1. The van der Waals surface area contributed by atoms with E-state index in [1.54, 1.807) is 0 Å². The molecule has 1 aliphatic rings. The Morgan fingerprint density at radius 3 is 2.51 bits per heavy atom. The normalized spacial score (nSPS) is 22.5. The van der Waals surface area contributed by atoms with Gasteiger partial charge in [0.1, 0.15) is 33.8 Å². The summed E-state index contributed by atoms with van der Waals surface area (Å²) in [6.45, 7) is -1.84. The molecule has 3 N–H and O–H groups in total. The minimum Gasteiger partial charge on any atom is -0.433 e. The zero-order valence-electron chi connectivity index (χ0n) is 17.8. The van der Waals surface area contributed by atoms with E-state index in [4.69, 9.17) is 26.8 Å². The molecule has 16 heteroatoms. The fourth-order valence-corrected chi connectivity index (χ4v) is 3.11. The number of amides is 1. The summed E-state index contributed by atoms with van der Waals surface area (Å²) in [5.41, 5.74) is 0.703. The van der Waals surface area contributed by atoms with Crippen LogP contribution in [0.5, 0.6) is 11.6 Å². The van der Waals surface area contributed by atoms with Gasteiger partial charge < -0.3 is 19.9 Å². The van der Waals surface area contributed by atoms with E-state index in [9.17, 15) is 31.1 Å². The number of aromatic nitrogens is 2. The van der Waals surface area contributed by atoms with E-state index in [-0.39, 0.29) is 22.2 Å². The highest BCUT2D eigenvalue weighted by molar-refractivity contribution is 6.32. The number of nitrogens with zero attached hydrogens (tertiary/aromatic N) is 3. The Kier molecular flexibility index (Phi) is 7.04. The molecule has 2 atom stereocenters. The highest BCUT2D eigenvalue weighted by Gasteiger charge is 2.59. The largest absolute Gasteiger partial charge is 0.433 e. The molecule has 0 saturated carbocycles. The van der Waals surface area contributed by atoms with Gasteiger partial charge in [0.25, 0.3) is 0 Å². The molecule has 190 valence electrons. The summed E-state index contributed by atoms with van der Waals surface area (Å²) in [7, 11) is 0. The van der Waals surface area contributed by atoms with Gasteiger partial charge in [0, 0.05) is 11.6 Å². The van der Waals surface area contributed by atoms with Crippen molar-refractivity contribution < 1.29 is 45.3 Å². The number of hydrogen-bond acceptors (Lipinski definition) is 8. The fraction of sp³-hybridized carbons (Fsp3) is 0.368. The number of carbonyl (C=O) groups is 1. The average molecular weight is 528 g/mol. The van der Waals surface area contributed by atoms with Crippen molar-refractivity contribution in [2.45, 2.75) is 37.8 Å². The Hall–Kier alpha value is -3.33. The Bertz CT molecular complexity index is 1170. The molecule has 0 unspecified atom stereocenters. The topological polar surface area (TPSA) is 121 Å². The molecule has 0 spiro atoms. The second-order valence-electron chi connectivity index (χ2n) is 7.49. The number of nitrogens with two attached hydrogens (primary N) is 1. The molecule has 3 rings (SSSR count). The first-order valence-electron chi connectivity index (χ1n) is 9.46. The number of pyridine rings is 2. The first-order chi connectivity index (χ1) is 16.1. The Morgan fingerprint density at radius 2 is 1.94 bits per heavy atom. The zero-order chi connectivity index (χ0) is 26.2. The molecule has 0 saturated heterocycles. The number of rotatable bonds is 5. The lowest BCUT2D eigenvalue weighted by molar-refractivity contribution is -0.249. The first kappa shape index (κ1) is 26.3. The van der Waals surface area contributed by atoms with Crippen LogP contribution in [0.4, 0.5) is 37.0 Å². The third-order valence-electron chi connectivity index (χ3n) is 4.90. The van der Waals surface area contributed by atoms with E-state index in [2.05, 4.69) is 25.0 Å². The van der Waals surface area contributed by atoms with Crippen molar-refractivity contribution >= 4 is 29.3 Å². The van der Waals surface area contributed by atoms with Crippen LogP contribution in [0.3, 0.4) is 0 Å². The zero-order valence-corrected chi connectivity index (χ0v) is 18.5. The van der Waals surface area contributed by atoms with Crippen LogP contribution in [-0.4, -0.2) is 46.9 Å². The molecule has 3 heterocycles. The van der Waals surface area contributed by atoms with Gasteiger partial charge in [-0.1, -0.05) is 11.6 Å². The van der Waals surface area contributed by atoms with Crippen molar-refractivity contribution in [2.75, 3.05) is 11.9 Å². The lowest BCUT2D eigenvalue weighted by Crippen LogP contribution is -2.60. The maximum absolute atomic E-state index is 14.5. The minimum absolute atomic E-state index is 0.278. The predicted octanol–water partition coefficient (Wildman–Crippen LogP) is 4.41. The van der Waals surface area contributed by atoms with Crippen molar-refractivity contribution in [1.29, 1.82) is 0 Å². The van der Waals surface area contributed by atoms with E-state index in [1.165, 1.54) is 6.92 Å². The number of halogens is 7. The van der Waals surface area contributed by atoms with E-state index in [0.29, 0.717) is 13.1 Å². The Balaban J connectivity index is 1.80. The molecule has 0 radical (unpaired) electrons. The number of amidine groups is 1. The molecule has 9 nitrogen and oxygen atoms in total. The Morgan fingerprint density at radius 1 is 1.26 bits per heavy atom. The summed E-state index contributed by atoms with van der Waals surface area (Å²) >= 11 is 5.82. The molecule has 0 fully saturated rings. The van der Waals surface area contributed by atoms with Crippen molar-refractivity contribution in [2.24, 2.45) is 10.7 Å². The van der Waals surface area contributed by atoms with Gasteiger partial charge in [0.15, 0.2) is 0 Å². The number of ether oxygens (including phenoxy) is 3. The highest BCUT2D eigenvalue weighted by Crippen LogP contribution is 2.41. The van der Waals surface area contributed by atoms with Gasteiger partial charge in [-0.15, -0.1) is 0 Å². The molecular weight excluding hydrogens is 512 g/mol. The number of aliphatic imine (C=N–C) groups is 1. The van der Waals surface area contributed by atoms with Gasteiger partial charge in [0.05, 0.1) is 19.0 Å². The van der Waals surface area contributed by atoms with Crippen LogP contribution in [0.25, 0.3) is 0 Å². The molecule has 0 aliphatic carbocycles. The van der Waals surface area contributed by atoms with Crippen molar-refractivity contribution in [3.63, 3.8) is 0 Å². The standard InChI is InChI=1S/C19H16ClF6N5O4/c1-17(7-33-18(2,14(27)31-17)19(24,25)26)9-4-12(28-6-11(9)21)30-16(32)35-13-10(20)3-8(5-29-13)34-15(22)23/h3-6,15H,7H2,1-2H3,(H2,27,31)(H,28,30,32)/t17-,18-/m1/s1. The summed E-state index contributed by atoms with van der Waals surface area (Å²) in [6.07, 6.45) is -4.55. The van der Waals surface area contributed by atoms with Gasteiger partial charge in [-0.05, 0) is 19.9 Å². The van der Waals surface area contributed by atoms with Crippen LogP contribution in [0, 0.1) is 5.82 Å². The monoisotopic (exact) mass is 527 g/mol. The molecule has 0 bridgehead atoms. The molecule has 1 amide bonds. The fourth-order valence-electron chi connectivity index (χ4n) is 2.92. The highest BCUT2D eigenvalue weighted by atomic mass is 35.5. The quantitative estimate of drug-likeness (QED) is 0.553. The van der Waals surface area contributed by atoms with Gasteiger partial charge >= 0.3 is 18.9 Å².